The van der Waals surface area contributed by atoms with Crippen molar-refractivity contribution in [2.24, 2.45) is 0 Å². The van der Waals surface area contributed by atoms with Crippen molar-refractivity contribution in [1.29, 1.82) is 0 Å². The van der Waals surface area contributed by atoms with Gasteiger partial charge in [0, 0.05) is 27.8 Å². The highest BCUT2D eigenvalue weighted by Gasteiger charge is 2.46. The van der Waals surface area contributed by atoms with Crippen molar-refractivity contribution in [1.82, 2.24) is 0 Å². The number of carbonyl (C=O) groups is 1. The van der Waals surface area contributed by atoms with Crippen LogP contribution in [0.2, 0.25) is 10.0 Å². The van der Waals surface area contributed by atoms with Crippen molar-refractivity contribution >= 4 is 29.0 Å². The minimum Gasteiger partial charge on any atom is -0.300 e. The number of nitro groups is 1. The second-order valence-electron chi connectivity index (χ2n) is 6.04. The maximum absolute atomic E-state index is 12.3. The third-order valence-electron chi connectivity index (χ3n) is 4.56. The summed E-state index contributed by atoms with van der Waals surface area (Å²) in [5, 5.41) is 12.9. The van der Waals surface area contributed by atoms with Crippen molar-refractivity contribution in [2.45, 2.75) is 30.7 Å². The minimum atomic E-state index is -0.856. The van der Waals surface area contributed by atoms with E-state index in [0.717, 1.165) is 11.1 Å². The van der Waals surface area contributed by atoms with Crippen LogP contribution in [0.5, 0.6) is 0 Å². The van der Waals surface area contributed by atoms with Gasteiger partial charge < -0.3 is 0 Å². The van der Waals surface area contributed by atoms with Crippen LogP contribution in [-0.4, -0.2) is 16.7 Å². The van der Waals surface area contributed by atoms with Gasteiger partial charge in [0.05, 0.1) is 11.8 Å². The van der Waals surface area contributed by atoms with Gasteiger partial charge in [0.15, 0.2) is 0 Å². The summed E-state index contributed by atoms with van der Waals surface area (Å²) in [5.74, 6) is -0.883. The number of nitrogens with zero attached hydrogens (tertiary/aromatic N) is 1. The lowest BCUT2D eigenvalue weighted by Gasteiger charge is -2.32. The molecule has 1 aliphatic carbocycles. The van der Waals surface area contributed by atoms with E-state index in [-0.39, 0.29) is 23.5 Å². The summed E-state index contributed by atoms with van der Waals surface area (Å²) < 4.78 is 0. The molecule has 24 heavy (non-hydrogen) atoms. The van der Waals surface area contributed by atoms with Crippen LogP contribution in [0.4, 0.5) is 0 Å². The number of rotatable bonds is 3. The van der Waals surface area contributed by atoms with Gasteiger partial charge in [0.2, 0.25) is 6.04 Å². The molecule has 0 radical (unpaired) electrons. The monoisotopic (exact) mass is 363 g/mol. The number of hydrogen-bond donors (Lipinski definition) is 0. The predicted octanol–water partition coefficient (Wildman–Crippen LogP) is 4.87. The highest BCUT2D eigenvalue weighted by Crippen LogP contribution is 2.42. The summed E-state index contributed by atoms with van der Waals surface area (Å²) in [6, 6.07) is 13.0. The molecule has 0 amide bonds. The molecule has 1 saturated carbocycles. The fraction of sp³-hybridized carbons (Fsp3) is 0.278. The summed E-state index contributed by atoms with van der Waals surface area (Å²) in [6.07, 6.45) is 0.356. The summed E-state index contributed by atoms with van der Waals surface area (Å²) in [5.41, 5.74) is 1.54. The van der Waals surface area contributed by atoms with Crippen LogP contribution in [0, 0.1) is 10.1 Å². The van der Waals surface area contributed by atoms with E-state index in [1.165, 1.54) is 0 Å². The smallest absolute Gasteiger partial charge is 0.227 e. The zero-order valence-electron chi connectivity index (χ0n) is 12.7. The van der Waals surface area contributed by atoms with E-state index >= 15 is 0 Å². The average Bonchev–Trinajstić information content (AvgIpc) is 2.55. The van der Waals surface area contributed by atoms with Crippen LogP contribution in [0.3, 0.4) is 0 Å². The molecule has 2 atom stereocenters. The summed E-state index contributed by atoms with van der Waals surface area (Å²) in [6.45, 7) is 0. The van der Waals surface area contributed by atoms with E-state index in [1.807, 2.05) is 0 Å². The Morgan fingerprint density at radius 3 is 1.54 bits per heavy atom. The highest BCUT2D eigenvalue weighted by atomic mass is 35.5. The van der Waals surface area contributed by atoms with Crippen molar-refractivity contribution in [2.75, 3.05) is 0 Å². The van der Waals surface area contributed by atoms with Gasteiger partial charge in [-0.15, -0.1) is 0 Å². The Bertz CT molecular complexity index is 701. The lowest BCUT2D eigenvalue weighted by molar-refractivity contribution is -0.532. The fourth-order valence-electron chi connectivity index (χ4n) is 3.44. The van der Waals surface area contributed by atoms with E-state index in [9.17, 15) is 14.9 Å². The van der Waals surface area contributed by atoms with Crippen molar-refractivity contribution < 1.29 is 9.72 Å². The lowest BCUT2D eigenvalue weighted by atomic mass is 9.71. The minimum absolute atomic E-state index is 0.0352. The van der Waals surface area contributed by atoms with Crippen molar-refractivity contribution in [3.05, 3.63) is 79.8 Å². The number of Topliss-reactive ketones (excluding diaryl/α,β-unsaturated/α-hetero) is 1. The third kappa shape index (κ3) is 3.45. The standard InChI is InChI=1S/C18H15Cl2NO3/c19-13-5-1-11(2-6-13)16-9-15(22)10-17(18(16)21(23)24)12-3-7-14(20)8-4-12/h1-8,16-18H,9-10H2/t16-,17-/m0/s1. The first-order chi connectivity index (χ1) is 11.5. The number of halogens is 2. The molecule has 0 saturated heterocycles. The van der Waals surface area contributed by atoms with E-state index in [1.54, 1.807) is 48.5 Å². The maximum Gasteiger partial charge on any atom is 0.227 e. The molecular formula is C18H15Cl2NO3. The number of carbonyl (C=O) groups excluding carboxylic acids is 1. The van der Waals surface area contributed by atoms with Crippen LogP contribution >= 0.6 is 23.2 Å². The molecule has 0 aliphatic heterocycles. The summed E-state index contributed by atoms with van der Waals surface area (Å²) >= 11 is 11.8. The number of hydrogen-bond acceptors (Lipinski definition) is 3. The molecule has 1 fully saturated rings. The van der Waals surface area contributed by atoms with Crippen LogP contribution in [0.15, 0.2) is 48.5 Å². The molecule has 0 unspecified atom stereocenters. The molecule has 0 bridgehead atoms. The summed E-state index contributed by atoms with van der Waals surface area (Å²) in [4.78, 5) is 23.8. The Morgan fingerprint density at radius 2 is 1.21 bits per heavy atom. The highest BCUT2D eigenvalue weighted by molar-refractivity contribution is 6.30. The van der Waals surface area contributed by atoms with Gasteiger partial charge in [-0.1, -0.05) is 47.5 Å². The molecule has 2 aromatic rings. The average molecular weight is 364 g/mol. The van der Waals surface area contributed by atoms with Crippen LogP contribution in [-0.2, 0) is 4.79 Å². The molecule has 0 heterocycles. The number of benzene rings is 2. The lowest BCUT2D eigenvalue weighted by Crippen LogP contribution is -2.40. The SMILES string of the molecule is O=C1C[C@@H](c2ccc(Cl)cc2)C([N+](=O)[O-])[C@H](c2ccc(Cl)cc2)C1. The van der Waals surface area contributed by atoms with Gasteiger partial charge in [-0.25, -0.2) is 0 Å². The Labute approximate surface area is 149 Å². The molecule has 0 aromatic heterocycles. The van der Waals surface area contributed by atoms with Crippen LogP contribution in [0.1, 0.15) is 35.8 Å². The zero-order chi connectivity index (χ0) is 17.3. The number of ketones is 1. The maximum atomic E-state index is 12.3. The topological polar surface area (TPSA) is 60.2 Å². The largest absolute Gasteiger partial charge is 0.300 e. The molecule has 3 rings (SSSR count). The first-order valence-electron chi connectivity index (χ1n) is 7.62. The molecule has 4 nitrogen and oxygen atoms in total. The summed E-state index contributed by atoms with van der Waals surface area (Å²) in [7, 11) is 0. The second-order valence-corrected chi connectivity index (χ2v) is 6.91. The van der Waals surface area contributed by atoms with Crippen molar-refractivity contribution in [3.8, 4) is 0 Å². The fourth-order valence-corrected chi connectivity index (χ4v) is 3.69. The molecule has 0 spiro atoms. The molecule has 1 aliphatic rings. The van der Waals surface area contributed by atoms with Crippen LogP contribution < -0.4 is 0 Å². The second kappa shape index (κ2) is 6.91. The van der Waals surface area contributed by atoms with Crippen molar-refractivity contribution in [3.63, 3.8) is 0 Å². The Hall–Kier alpha value is -1.91. The van der Waals surface area contributed by atoms with E-state index in [2.05, 4.69) is 0 Å². The Balaban J connectivity index is 2.02. The normalized spacial score (nSPS) is 21.7. The Morgan fingerprint density at radius 1 is 0.833 bits per heavy atom. The van der Waals surface area contributed by atoms with E-state index < -0.39 is 17.9 Å². The van der Waals surface area contributed by atoms with E-state index in [0.29, 0.717) is 10.0 Å². The predicted molar refractivity (Wildman–Crippen MR) is 93.4 cm³/mol. The van der Waals surface area contributed by atoms with Gasteiger partial charge >= 0.3 is 0 Å². The first-order valence-corrected chi connectivity index (χ1v) is 8.37. The third-order valence-corrected chi connectivity index (χ3v) is 5.06. The molecule has 0 N–H and O–H groups in total. The first kappa shape index (κ1) is 16.9. The van der Waals surface area contributed by atoms with Gasteiger partial charge in [-0.2, -0.15) is 0 Å². The molecule has 2 aromatic carbocycles. The Kier molecular flexibility index (Phi) is 4.88. The zero-order valence-corrected chi connectivity index (χ0v) is 14.2. The van der Waals surface area contributed by atoms with Gasteiger partial charge in [-0.3, -0.25) is 14.9 Å². The molecule has 124 valence electrons. The van der Waals surface area contributed by atoms with Crippen LogP contribution in [0.25, 0.3) is 0 Å². The van der Waals surface area contributed by atoms with Gasteiger partial charge in [-0.05, 0) is 35.4 Å². The molecule has 6 heteroatoms. The van der Waals surface area contributed by atoms with Gasteiger partial charge in [0.1, 0.15) is 5.78 Å². The van der Waals surface area contributed by atoms with E-state index in [4.69, 9.17) is 23.2 Å². The molecular weight excluding hydrogens is 349 g/mol. The quantitative estimate of drug-likeness (QED) is 0.577. The van der Waals surface area contributed by atoms with Gasteiger partial charge in [0.25, 0.3) is 0 Å².